The van der Waals surface area contributed by atoms with Crippen LogP contribution in [0.3, 0.4) is 0 Å². The van der Waals surface area contributed by atoms with Crippen molar-refractivity contribution in [3.05, 3.63) is 86.9 Å². The number of halogens is 3. The van der Waals surface area contributed by atoms with Crippen LogP contribution in [-0.2, 0) is 12.8 Å². The quantitative estimate of drug-likeness (QED) is 0.377. The standard InChI is InChI=1S/C26H23ClF2N2O2S/c1-14-12-16(30-26(34)31-25(32)23-20(28)8-5-9-21(23)29)13-15(2)24(14)33-22-11-10-19(27)17-6-3-4-7-18(17)22/h5,8-13H,3-4,6-7H2,1-2H3,(H2,30,31,32,34). The van der Waals surface area contributed by atoms with E-state index in [4.69, 9.17) is 28.6 Å². The normalized spacial score (nSPS) is 12.6. The fourth-order valence-electron chi connectivity index (χ4n) is 4.22. The number of rotatable bonds is 4. The topological polar surface area (TPSA) is 50.4 Å². The average Bonchev–Trinajstić information content (AvgIpc) is 2.77. The van der Waals surface area contributed by atoms with Crippen molar-refractivity contribution in [2.24, 2.45) is 0 Å². The molecular weight excluding hydrogens is 478 g/mol. The Hall–Kier alpha value is -3.03. The summed E-state index contributed by atoms with van der Waals surface area (Å²) >= 11 is 11.6. The molecule has 0 bridgehead atoms. The first-order valence-electron chi connectivity index (χ1n) is 10.9. The maximum Gasteiger partial charge on any atom is 0.263 e. The molecule has 176 valence electrons. The SMILES string of the molecule is Cc1cc(NC(=S)NC(=O)c2c(F)cccc2F)cc(C)c1Oc1ccc(Cl)c2c1CCCC2. The third kappa shape index (κ3) is 5.05. The summed E-state index contributed by atoms with van der Waals surface area (Å²) in [5, 5.41) is 5.91. The number of fused-ring (bicyclic) bond motifs is 1. The number of ether oxygens (including phenoxy) is 1. The first-order valence-corrected chi connectivity index (χ1v) is 11.7. The lowest BCUT2D eigenvalue weighted by Crippen LogP contribution is -2.35. The van der Waals surface area contributed by atoms with Gasteiger partial charge < -0.3 is 10.1 Å². The van der Waals surface area contributed by atoms with Gasteiger partial charge in [0.15, 0.2) is 5.11 Å². The van der Waals surface area contributed by atoms with Crippen molar-refractivity contribution >= 4 is 40.5 Å². The van der Waals surface area contributed by atoms with Gasteiger partial charge in [-0.3, -0.25) is 10.1 Å². The lowest BCUT2D eigenvalue weighted by atomic mass is 9.91. The molecule has 4 nitrogen and oxygen atoms in total. The summed E-state index contributed by atoms with van der Waals surface area (Å²) < 4.78 is 34.0. The van der Waals surface area contributed by atoms with E-state index in [1.807, 2.05) is 38.1 Å². The van der Waals surface area contributed by atoms with Gasteiger partial charge in [0.25, 0.3) is 5.91 Å². The summed E-state index contributed by atoms with van der Waals surface area (Å²) in [5.74, 6) is -1.35. The predicted octanol–water partition coefficient (Wildman–Crippen LogP) is 7.03. The van der Waals surface area contributed by atoms with Crippen molar-refractivity contribution in [3.8, 4) is 11.5 Å². The van der Waals surface area contributed by atoms with Crippen molar-refractivity contribution in [1.29, 1.82) is 0 Å². The van der Waals surface area contributed by atoms with Crippen molar-refractivity contribution < 1.29 is 18.3 Å². The second kappa shape index (κ2) is 10.1. The second-order valence-electron chi connectivity index (χ2n) is 8.26. The third-order valence-corrected chi connectivity index (χ3v) is 6.34. The zero-order valence-electron chi connectivity index (χ0n) is 18.7. The average molecular weight is 501 g/mol. The highest BCUT2D eigenvalue weighted by molar-refractivity contribution is 7.80. The Labute approximate surface area is 207 Å². The number of amides is 1. The Morgan fingerprint density at radius 1 is 1.00 bits per heavy atom. The van der Waals surface area contributed by atoms with Crippen LogP contribution in [0.2, 0.25) is 5.02 Å². The van der Waals surface area contributed by atoms with Crippen LogP contribution in [0, 0.1) is 25.5 Å². The van der Waals surface area contributed by atoms with Gasteiger partial charge in [-0.1, -0.05) is 17.7 Å². The molecule has 0 saturated heterocycles. The van der Waals surface area contributed by atoms with Gasteiger partial charge in [-0.15, -0.1) is 0 Å². The number of hydrogen-bond acceptors (Lipinski definition) is 3. The second-order valence-corrected chi connectivity index (χ2v) is 9.07. The number of aryl methyl sites for hydroxylation is 2. The van der Waals surface area contributed by atoms with Crippen molar-refractivity contribution in [1.82, 2.24) is 5.32 Å². The van der Waals surface area contributed by atoms with E-state index in [1.165, 1.54) is 6.07 Å². The van der Waals surface area contributed by atoms with E-state index in [1.54, 1.807) is 0 Å². The summed E-state index contributed by atoms with van der Waals surface area (Å²) in [4.78, 5) is 12.3. The molecule has 0 atom stereocenters. The van der Waals surface area contributed by atoms with Crippen molar-refractivity contribution in [3.63, 3.8) is 0 Å². The molecular formula is C26H23ClF2N2O2S. The van der Waals surface area contributed by atoms with Crippen LogP contribution >= 0.6 is 23.8 Å². The number of thiocarbonyl (C=S) groups is 1. The highest BCUT2D eigenvalue weighted by Gasteiger charge is 2.20. The first-order chi connectivity index (χ1) is 16.2. The van der Waals surface area contributed by atoms with E-state index in [9.17, 15) is 13.6 Å². The summed E-state index contributed by atoms with van der Waals surface area (Å²) in [6.45, 7) is 3.82. The summed E-state index contributed by atoms with van der Waals surface area (Å²) in [5.41, 5.74) is 3.96. The molecule has 2 N–H and O–H groups in total. The molecule has 0 fully saturated rings. The van der Waals surface area contributed by atoms with E-state index in [0.717, 1.165) is 76.6 Å². The van der Waals surface area contributed by atoms with Crippen LogP contribution in [-0.4, -0.2) is 11.0 Å². The van der Waals surface area contributed by atoms with E-state index < -0.39 is 23.1 Å². The highest BCUT2D eigenvalue weighted by Crippen LogP contribution is 2.39. The van der Waals surface area contributed by atoms with Gasteiger partial charge in [0.2, 0.25) is 0 Å². The third-order valence-electron chi connectivity index (χ3n) is 5.78. The van der Waals surface area contributed by atoms with Crippen LogP contribution in [0.4, 0.5) is 14.5 Å². The summed E-state index contributed by atoms with van der Waals surface area (Å²) in [6.07, 6.45) is 4.10. The van der Waals surface area contributed by atoms with Gasteiger partial charge >= 0.3 is 0 Å². The number of anilines is 1. The Balaban J connectivity index is 1.50. The molecule has 4 rings (SSSR count). The largest absolute Gasteiger partial charge is 0.457 e. The number of carbonyl (C=O) groups excluding carboxylic acids is 1. The molecule has 3 aromatic rings. The van der Waals surface area contributed by atoms with Crippen LogP contribution in [0.15, 0.2) is 42.5 Å². The zero-order valence-corrected chi connectivity index (χ0v) is 20.3. The van der Waals surface area contributed by atoms with Gasteiger partial charge in [-0.05, 0) is 110 Å². The molecule has 3 aromatic carbocycles. The Bertz CT molecular complexity index is 1250. The summed E-state index contributed by atoms with van der Waals surface area (Å²) in [6, 6.07) is 10.6. The van der Waals surface area contributed by atoms with E-state index in [2.05, 4.69) is 10.6 Å². The zero-order chi connectivity index (χ0) is 24.4. The van der Waals surface area contributed by atoms with E-state index >= 15 is 0 Å². The molecule has 34 heavy (non-hydrogen) atoms. The minimum absolute atomic E-state index is 0.0770. The molecule has 0 heterocycles. The van der Waals surface area contributed by atoms with Gasteiger partial charge in [0.1, 0.15) is 28.7 Å². The van der Waals surface area contributed by atoms with Gasteiger partial charge in [0.05, 0.1) is 0 Å². The number of hydrogen-bond donors (Lipinski definition) is 2. The predicted molar refractivity (Wildman–Crippen MR) is 134 cm³/mol. The monoisotopic (exact) mass is 500 g/mol. The minimum Gasteiger partial charge on any atom is -0.457 e. The Morgan fingerprint density at radius 2 is 1.62 bits per heavy atom. The smallest absolute Gasteiger partial charge is 0.263 e. The minimum atomic E-state index is -0.964. The fourth-order valence-corrected chi connectivity index (χ4v) is 4.70. The summed E-state index contributed by atoms with van der Waals surface area (Å²) in [7, 11) is 0. The molecule has 1 aliphatic rings. The van der Waals surface area contributed by atoms with Crippen LogP contribution in [0.1, 0.15) is 45.5 Å². The lowest BCUT2D eigenvalue weighted by Gasteiger charge is -2.22. The van der Waals surface area contributed by atoms with E-state index in [0.29, 0.717) is 5.69 Å². The highest BCUT2D eigenvalue weighted by atomic mass is 35.5. The molecule has 0 unspecified atom stereocenters. The molecule has 1 amide bonds. The molecule has 8 heteroatoms. The van der Waals surface area contributed by atoms with Crippen LogP contribution < -0.4 is 15.4 Å². The van der Waals surface area contributed by atoms with Gasteiger partial charge in [-0.25, -0.2) is 8.78 Å². The molecule has 0 spiro atoms. The number of carbonyl (C=O) groups is 1. The maximum absolute atomic E-state index is 13.8. The fraction of sp³-hybridized carbons (Fsp3) is 0.231. The van der Waals surface area contributed by atoms with Crippen LogP contribution in [0.5, 0.6) is 11.5 Å². The van der Waals surface area contributed by atoms with Crippen LogP contribution in [0.25, 0.3) is 0 Å². The molecule has 1 aliphatic carbocycles. The molecule has 0 saturated carbocycles. The molecule has 0 aromatic heterocycles. The molecule has 0 aliphatic heterocycles. The van der Waals surface area contributed by atoms with Gasteiger partial charge in [-0.2, -0.15) is 0 Å². The number of benzene rings is 3. The number of nitrogens with one attached hydrogen (secondary N) is 2. The maximum atomic E-state index is 13.8. The van der Waals surface area contributed by atoms with Crippen molar-refractivity contribution in [2.75, 3.05) is 5.32 Å². The Morgan fingerprint density at radius 3 is 2.26 bits per heavy atom. The van der Waals surface area contributed by atoms with Crippen molar-refractivity contribution in [2.45, 2.75) is 39.5 Å². The lowest BCUT2D eigenvalue weighted by molar-refractivity contribution is 0.0969. The van der Waals surface area contributed by atoms with E-state index in [-0.39, 0.29) is 5.11 Å². The Kier molecular flexibility index (Phi) is 7.14. The first kappa shape index (κ1) is 24.1. The molecule has 0 radical (unpaired) electrons. The van der Waals surface area contributed by atoms with Gasteiger partial charge in [0, 0.05) is 10.7 Å².